The van der Waals surface area contributed by atoms with Gasteiger partial charge < -0.3 is 10.2 Å². The normalized spacial score (nSPS) is 10.9. The second-order valence-corrected chi connectivity index (χ2v) is 8.06. The summed E-state index contributed by atoms with van der Waals surface area (Å²) in [7, 11) is 0. The number of benzene rings is 5. The lowest BCUT2D eigenvalue weighted by molar-refractivity contribution is 0.475. The van der Waals surface area contributed by atoms with E-state index in [1.807, 2.05) is 84.9 Å². The highest BCUT2D eigenvalue weighted by molar-refractivity contribution is 5.90. The molecule has 5 rings (SSSR count). The first-order chi connectivity index (χ1) is 16.2. The number of aromatic hydroxyl groups is 2. The second kappa shape index (κ2) is 9.05. The molecule has 2 nitrogen and oxygen atoms in total. The Morgan fingerprint density at radius 1 is 0.394 bits per heavy atom. The third-order valence-electron chi connectivity index (χ3n) is 6.04. The molecule has 33 heavy (non-hydrogen) atoms. The molecule has 5 aromatic rings. The molecule has 0 heterocycles. The van der Waals surface area contributed by atoms with Gasteiger partial charge in [-0.15, -0.1) is 0 Å². The van der Waals surface area contributed by atoms with E-state index in [1.165, 1.54) is 0 Å². The number of hydrogen-bond donors (Lipinski definition) is 2. The molecule has 160 valence electrons. The molecule has 5 aromatic carbocycles. The van der Waals surface area contributed by atoms with Crippen LogP contribution in [0.2, 0.25) is 0 Å². The molecule has 0 fully saturated rings. The molecule has 0 unspecified atom stereocenters. The Hall–Kier alpha value is -4.30. The number of rotatable bonds is 5. The molecule has 0 aliphatic heterocycles. The average molecular weight is 429 g/mol. The van der Waals surface area contributed by atoms with Gasteiger partial charge in [0.1, 0.15) is 11.5 Å². The van der Waals surface area contributed by atoms with E-state index in [2.05, 4.69) is 30.3 Å². The van der Waals surface area contributed by atoms with Crippen LogP contribution in [0.15, 0.2) is 127 Å². The van der Waals surface area contributed by atoms with Crippen molar-refractivity contribution in [2.45, 2.75) is 5.92 Å². The van der Waals surface area contributed by atoms with Gasteiger partial charge in [-0.3, -0.25) is 0 Å². The molecule has 0 amide bonds. The molecular formula is C31H24O2. The molecular weight excluding hydrogens is 404 g/mol. The topological polar surface area (TPSA) is 40.5 Å². The smallest absolute Gasteiger partial charge is 0.123 e. The summed E-state index contributed by atoms with van der Waals surface area (Å²) in [5.74, 6) is 0.365. The maximum absolute atomic E-state index is 11.2. The van der Waals surface area contributed by atoms with Gasteiger partial charge in [0.05, 0.1) is 0 Å². The second-order valence-electron chi connectivity index (χ2n) is 8.06. The van der Waals surface area contributed by atoms with Gasteiger partial charge >= 0.3 is 0 Å². The zero-order valence-electron chi connectivity index (χ0n) is 18.1. The minimum atomic E-state index is -0.0630. The van der Waals surface area contributed by atoms with Gasteiger partial charge in [-0.1, -0.05) is 115 Å². The number of hydrogen-bond acceptors (Lipinski definition) is 2. The zero-order valence-corrected chi connectivity index (χ0v) is 18.1. The highest BCUT2D eigenvalue weighted by atomic mass is 16.3. The minimum Gasteiger partial charge on any atom is -0.507 e. The fourth-order valence-corrected chi connectivity index (χ4v) is 4.57. The first-order valence-electron chi connectivity index (χ1n) is 11.0. The van der Waals surface area contributed by atoms with E-state index in [0.29, 0.717) is 0 Å². The lowest BCUT2D eigenvalue weighted by Gasteiger charge is -2.24. The standard InChI is InChI=1S/C31H24O2/c32-28-20-10-9-17-25(28)24-16-7-8-18-26(24)31-27(19-11-21-29(31)33)30(22-12-3-1-4-13-22)23-14-5-2-6-15-23/h1-21,30,32-33H. The molecule has 2 heteroatoms. The first kappa shape index (κ1) is 20.6. The third kappa shape index (κ3) is 3.99. The van der Waals surface area contributed by atoms with Crippen LogP contribution in [0.3, 0.4) is 0 Å². The lowest BCUT2D eigenvalue weighted by atomic mass is 9.80. The van der Waals surface area contributed by atoms with Crippen molar-refractivity contribution in [1.82, 2.24) is 0 Å². The summed E-state index contributed by atoms with van der Waals surface area (Å²) in [5.41, 5.74) is 6.57. The van der Waals surface area contributed by atoms with Gasteiger partial charge in [0.25, 0.3) is 0 Å². The Kier molecular flexibility index (Phi) is 5.65. The van der Waals surface area contributed by atoms with Crippen LogP contribution in [0.1, 0.15) is 22.6 Å². The van der Waals surface area contributed by atoms with Crippen molar-refractivity contribution in [1.29, 1.82) is 0 Å². The van der Waals surface area contributed by atoms with Crippen molar-refractivity contribution in [3.63, 3.8) is 0 Å². The molecule has 0 bridgehead atoms. The molecule has 0 aromatic heterocycles. The Morgan fingerprint density at radius 2 is 0.879 bits per heavy atom. The third-order valence-corrected chi connectivity index (χ3v) is 6.04. The average Bonchev–Trinajstić information content (AvgIpc) is 2.86. The van der Waals surface area contributed by atoms with Crippen LogP contribution < -0.4 is 0 Å². The summed E-state index contributed by atoms with van der Waals surface area (Å²) in [6, 6.07) is 41.7. The van der Waals surface area contributed by atoms with Gasteiger partial charge in [-0.05, 0) is 39.9 Å². The van der Waals surface area contributed by atoms with Gasteiger partial charge in [0, 0.05) is 17.0 Å². The van der Waals surface area contributed by atoms with Gasteiger partial charge in [-0.2, -0.15) is 0 Å². The van der Waals surface area contributed by atoms with E-state index in [0.717, 1.165) is 38.9 Å². The van der Waals surface area contributed by atoms with E-state index in [1.54, 1.807) is 12.1 Å². The van der Waals surface area contributed by atoms with Crippen molar-refractivity contribution in [3.8, 4) is 33.8 Å². The van der Waals surface area contributed by atoms with E-state index >= 15 is 0 Å². The van der Waals surface area contributed by atoms with E-state index in [4.69, 9.17) is 0 Å². The quantitative estimate of drug-likeness (QED) is 0.283. The van der Waals surface area contributed by atoms with Crippen LogP contribution in [-0.2, 0) is 0 Å². The zero-order chi connectivity index (χ0) is 22.6. The Labute approximate surface area is 194 Å². The number of para-hydroxylation sites is 1. The molecule has 0 aliphatic carbocycles. The summed E-state index contributed by atoms with van der Waals surface area (Å²) in [5, 5.41) is 21.7. The van der Waals surface area contributed by atoms with Gasteiger partial charge in [0.15, 0.2) is 0 Å². The van der Waals surface area contributed by atoms with Crippen molar-refractivity contribution in [2.75, 3.05) is 0 Å². The van der Waals surface area contributed by atoms with Crippen LogP contribution in [0.25, 0.3) is 22.3 Å². The summed E-state index contributed by atoms with van der Waals surface area (Å²) < 4.78 is 0. The lowest BCUT2D eigenvalue weighted by Crippen LogP contribution is -2.05. The monoisotopic (exact) mass is 428 g/mol. The Bertz CT molecular complexity index is 1340. The highest BCUT2D eigenvalue weighted by Crippen LogP contribution is 2.46. The highest BCUT2D eigenvalue weighted by Gasteiger charge is 2.24. The summed E-state index contributed by atoms with van der Waals surface area (Å²) in [6.07, 6.45) is 0. The summed E-state index contributed by atoms with van der Waals surface area (Å²) in [6.45, 7) is 0. The van der Waals surface area contributed by atoms with Crippen molar-refractivity contribution < 1.29 is 10.2 Å². The SMILES string of the molecule is Oc1ccccc1-c1ccccc1-c1c(O)cccc1C(c1ccccc1)c1ccccc1. The maximum atomic E-state index is 11.2. The Balaban J connectivity index is 1.79. The van der Waals surface area contributed by atoms with Crippen LogP contribution in [-0.4, -0.2) is 10.2 Å². The molecule has 2 N–H and O–H groups in total. The number of phenolic OH excluding ortho intramolecular Hbond substituents is 2. The largest absolute Gasteiger partial charge is 0.507 e. The van der Waals surface area contributed by atoms with Crippen molar-refractivity contribution >= 4 is 0 Å². The van der Waals surface area contributed by atoms with E-state index in [9.17, 15) is 10.2 Å². The predicted octanol–water partition coefficient (Wildman–Crippen LogP) is 7.61. The van der Waals surface area contributed by atoms with Crippen LogP contribution >= 0.6 is 0 Å². The van der Waals surface area contributed by atoms with E-state index < -0.39 is 0 Å². The van der Waals surface area contributed by atoms with Crippen molar-refractivity contribution in [3.05, 3.63) is 144 Å². The summed E-state index contributed by atoms with van der Waals surface area (Å²) >= 11 is 0. The van der Waals surface area contributed by atoms with Crippen LogP contribution in [0, 0.1) is 0 Å². The minimum absolute atomic E-state index is 0.0630. The molecule has 0 radical (unpaired) electrons. The maximum Gasteiger partial charge on any atom is 0.123 e. The van der Waals surface area contributed by atoms with Gasteiger partial charge in [-0.25, -0.2) is 0 Å². The molecule has 0 aliphatic rings. The molecule has 0 saturated heterocycles. The van der Waals surface area contributed by atoms with E-state index in [-0.39, 0.29) is 17.4 Å². The molecule has 0 saturated carbocycles. The fourth-order valence-electron chi connectivity index (χ4n) is 4.57. The Morgan fingerprint density at radius 3 is 1.48 bits per heavy atom. The number of phenols is 2. The molecule has 0 spiro atoms. The van der Waals surface area contributed by atoms with Crippen LogP contribution in [0.4, 0.5) is 0 Å². The van der Waals surface area contributed by atoms with Gasteiger partial charge in [0.2, 0.25) is 0 Å². The first-order valence-corrected chi connectivity index (χ1v) is 11.0. The van der Waals surface area contributed by atoms with Crippen LogP contribution in [0.5, 0.6) is 11.5 Å². The fraction of sp³-hybridized carbons (Fsp3) is 0.0323. The molecule has 0 atom stereocenters. The predicted molar refractivity (Wildman–Crippen MR) is 134 cm³/mol. The summed E-state index contributed by atoms with van der Waals surface area (Å²) in [4.78, 5) is 0. The van der Waals surface area contributed by atoms with Crippen molar-refractivity contribution in [2.24, 2.45) is 0 Å².